The third-order valence-corrected chi connectivity index (χ3v) is 3.82. The summed E-state index contributed by atoms with van der Waals surface area (Å²) in [6.07, 6.45) is 3.10. The van der Waals surface area contributed by atoms with Gasteiger partial charge < -0.3 is 11.1 Å². The van der Waals surface area contributed by atoms with Crippen LogP contribution in [0.15, 0.2) is 18.2 Å². The summed E-state index contributed by atoms with van der Waals surface area (Å²) in [5.74, 6) is 0.711. The van der Waals surface area contributed by atoms with E-state index in [1.165, 1.54) is 12.8 Å². The quantitative estimate of drug-likeness (QED) is 0.759. The minimum atomic E-state index is 0.0677. The molecule has 3 N–H and O–H groups in total. The number of benzene rings is 1. The fourth-order valence-electron chi connectivity index (χ4n) is 2.56. The Labute approximate surface area is 127 Å². The number of nitrogen functional groups attached to an aromatic ring is 1. The summed E-state index contributed by atoms with van der Waals surface area (Å²) in [6, 6.07) is 6.30. The lowest BCUT2D eigenvalue weighted by Gasteiger charge is -2.23. The molecule has 1 saturated carbocycles. The molecule has 1 aliphatic rings. The molecule has 4 nitrogen and oxygen atoms in total. The normalized spacial score (nSPS) is 14.7. The first-order valence-corrected chi connectivity index (χ1v) is 7.85. The van der Waals surface area contributed by atoms with Gasteiger partial charge in [0.25, 0.3) is 0 Å². The maximum atomic E-state index is 12.1. The fourth-order valence-corrected chi connectivity index (χ4v) is 2.56. The van der Waals surface area contributed by atoms with Crippen LogP contribution in [0.25, 0.3) is 0 Å². The van der Waals surface area contributed by atoms with E-state index in [4.69, 9.17) is 5.73 Å². The topological polar surface area (TPSA) is 58.4 Å². The van der Waals surface area contributed by atoms with Gasteiger partial charge in [-0.2, -0.15) is 0 Å². The molecule has 0 heterocycles. The van der Waals surface area contributed by atoms with Crippen molar-refractivity contribution in [3.8, 4) is 0 Å². The highest BCUT2D eigenvalue weighted by atomic mass is 16.1. The van der Waals surface area contributed by atoms with E-state index in [0.717, 1.165) is 24.3 Å². The van der Waals surface area contributed by atoms with Crippen LogP contribution >= 0.6 is 0 Å². The molecule has 4 heteroatoms. The molecule has 116 valence electrons. The average molecular weight is 289 g/mol. The summed E-state index contributed by atoms with van der Waals surface area (Å²) in [5.41, 5.74) is 8.31. The van der Waals surface area contributed by atoms with E-state index < -0.39 is 0 Å². The van der Waals surface area contributed by atoms with Crippen LogP contribution in [0.5, 0.6) is 0 Å². The molecule has 0 radical (unpaired) electrons. The Morgan fingerprint density at radius 2 is 2.14 bits per heavy atom. The zero-order valence-corrected chi connectivity index (χ0v) is 13.4. The zero-order valence-electron chi connectivity index (χ0n) is 13.4. The lowest BCUT2D eigenvalue weighted by Crippen LogP contribution is -2.33. The van der Waals surface area contributed by atoms with Gasteiger partial charge in [0.2, 0.25) is 5.91 Å². The molecule has 1 fully saturated rings. The number of carbonyl (C=O) groups excluding carboxylic acids is 1. The number of nitrogens with one attached hydrogen (secondary N) is 1. The van der Waals surface area contributed by atoms with Crippen LogP contribution in [0, 0.1) is 12.8 Å². The maximum absolute atomic E-state index is 12.1. The van der Waals surface area contributed by atoms with Gasteiger partial charge in [-0.3, -0.25) is 9.69 Å². The summed E-state index contributed by atoms with van der Waals surface area (Å²) < 4.78 is 0. The summed E-state index contributed by atoms with van der Waals surface area (Å²) in [7, 11) is 0. The highest BCUT2D eigenvalue weighted by Gasteiger charge is 2.29. The summed E-state index contributed by atoms with van der Waals surface area (Å²) >= 11 is 0. The van der Waals surface area contributed by atoms with E-state index in [-0.39, 0.29) is 5.91 Å². The zero-order chi connectivity index (χ0) is 15.4. The van der Waals surface area contributed by atoms with Crippen LogP contribution in [-0.4, -0.2) is 29.9 Å². The van der Waals surface area contributed by atoms with Gasteiger partial charge in [0.1, 0.15) is 0 Å². The van der Waals surface area contributed by atoms with Crippen LogP contribution in [0.2, 0.25) is 0 Å². The van der Waals surface area contributed by atoms with Crippen molar-refractivity contribution in [2.75, 3.05) is 24.1 Å². The second-order valence-electron chi connectivity index (χ2n) is 6.49. The van der Waals surface area contributed by atoms with Crippen molar-refractivity contribution in [3.63, 3.8) is 0 Å². The van der Waals surface area contributed by atoms with E-state index in [2.05, 4.69) is 24.1 Å². The molecule has 0 saturated heterocycles. The molecule has 0 atom stereocenters. The van der Waals surface area contributed by atoms with Gasteiger partial charge in [-0.25, -0.2) is 0 Å². The predicted molar refractivity (Wildman–Crippen MR) is 88.3 cm³/mol. The van der Waals surface area contributed by atoms with E-state index in [0.29, 0.717) is 24.1 Å². The van der Waals surface area contributed by atoms with E-state index in [1.54, 1.807) is 0 Å². The first-order valence-electron chi connectivity index (χ1n) is 7.85. The number of nitrogens with zero attached hydrogens (tertiary/aromatic N) is 1. The third-order valence-electron chi connectivity index (χ3n) is 3.82. The number of carbonyl (C=O) groups is 1. The van der Waals surface area contributed by atoms with Crippen molar-refractivity contribution in [3.05, 3.63) is 23.8 Å². The maximum Gasteiger partial charge on any atom is 0.225 e. The van der Waals surface area contributed by atoms with Crippen molar-refractivity contribution < 1.29 is 4.79 Å². The second kappa shape index (κ2) is 6.94. The molecule has 1 aliphatic carbocycles. The second-order valence-corrected chi connectivity index (χ2v) is 6.49. The van der Waals surface area contributed by atoms with Gasteiger partial charge in [0.15, 0.2) is 0 Å². The van der Waals surface area contributed by atoms with Crippen molar-refractivity contribution in [1.82, 2.24) is 4.90 Å². The molecule has 0 aliphatic heterocycles. The Kier molecular flexibility index (Phi) is 5.23. The summed E-state index contributed by atoms with van der Waals surface area (Å²) in [5, 5.41) is 2.97. The molecular formula is C17H27N3O. The van der Waals surface area contributed by atoms with Gasteiger partial charge in [-0.05, 0) is 43.4 Å². The Morgan fingerprint density at radius 1 is 1.43 bits per heavy atom. The average Bonchev–Trinajstić information content (AvgIpc) is 3.23. The van der Waals surface area contributed by atoms with E-state index in [1.807, 2.05) is 25.1 Å². The number of amides is 1. The Bertz CT molecular complexity index is 495. The predicted octanol–water partition coefficient (Wildman–Crippen LogP) is 3.03. The smallest absolute Gasteiger partial charge is 0.225 e. The fraction of sp³-hybridized carbons (Fsp3) is 0.588. The van der Waals surface area contributed by atoms with Crippen LogP contribution in [0.3, 0.4) is 0 Å². The van der Waals surface area contributed by atoms with Gasteiger partial charge in [0, 0.05) is 36.9 Å². The first kappa shape index (κ1) is 15.8. The highest BCUT2D eigenvalue weighted by Crippen LogP contribution is 2.27. The lowest BCUT2D eigenvalue weighted by molar-refractivity contribution is -0.116. The van der Waals surface area contributed by atoms with Crippen molar-refractivity contribution in [2.24, 2.45) is 5.92 Å². The SMILES string of the molecule is Cc1ccc(N)cc1NC(=O)CCN(CC(C)C)C1CC1. The Balaban J connectivity index is 1.84. The first-order chi connectivity index (χ1) is 9.95. The van der Waals surface area contributed by atoms with Crippen LogP contribution in [0.4, 0.5) is 11.4 Å². The van der Waals surface area contributed by atoms with Gasteiger partial charge in [-0.1, -0.05) is 19.9 Å². The van der Waals surface area contributed by atoms with Crippen molar-refractivity contribution in [2.45, 2.75) is 46.1 Å². The molecule has 1 aromatic carbocycles. The lowest BCUT2D eigenvalue weighted by atomic mass is 10.1. The largest absolute Gasteiger partial charge is 0.399 e. The third kappa shape index (κ3) is 5.05. The highest BCUT2D eigenvalue weighted by molar-refractivity contribution is 5.92. The molecule has 1 amide bonds. The molecular weight excluding hydrogens is 262 g/mol. The number of hydrogen-bond acceptors (Lipinski definition) is 3. The molecule has 2 rings (SSSR count). The standard InChI is InChI=1S/C17H27N3O/c1-12(2)11-20(15-6-7-15)9-8-17(21)19-16-10-14(18)5-4-13(16)3/h4-5,10,12,15H,6-9,11,18H2,1-3H3,(H,19,21). The molecule has 1 aromatic rings. The van der Waals surface area contributed by atoms with Crippen molar-refractivity contribution in [1.29, 1.82) is 0 Å². The van der Waals surface area contributed by atoms with Gasteiger partial charge in [-0.15, -0.1) is 0 Å². The summed E-state index contributed by atoms with van der Waals surface area (Å²) in [6.45, 7) is 8.35. The van der Waals surface area contributed by atoms with Crippen LogP contribution in [-0.2, 0) is 4.79 Å². The number of hydrogen-bond donors (Lipinski definition) is 2. The number of aryl methyl sites for hydroxylation is 1. The minimum Gasteiger partial charge on any atom is -0.399 e. The minimum absolute atomic E-state index is 0.0677. The molecule has 21 heavy (non-hydrogen) atoms. The van der Waals surface area contributed by atoms with Gasteiger partial charge in [0.05, 0.1) is 0 Å². The number of rotatable bonds is 7. The van der Waals surface area contributed by atoms with Crippen molar-refractivity contribution >= 4 is 17.3 Å². The number of anilines is 2. The molecule has 0 spiro atoms. The Hall–Kier alpha value is -1.55. The monoisotopic (exact) mass is 289 g/mol. The molecule has 0 unspecified atom stereocenters. The Morgan fingerprint density at radius 3 is 2.76 bits per heavy atom. The molecule has 0 aromatic heterocycles. The number of nitrogens with two attached hydrogens (primary N) is 1. The molecule has 0 bridgehead atoms. The summed E-state index contributed by atoms with van der Waals surface area (Å²) in [4.78, 5) is 14.6. The van der Waals surface area contributed by atoms with Crippen LogP contribution in [0.1, 0.15) is 38.7 Å². The van der Waals surface area contributed by atoms with E-state index in [9.17, 15) is 4.79 Å². The van der Waals surface area contributed by atoms with E-state index >= 15 is 0 Å². The van der Waals surface area contributed by atoms with Gasteiger partial charge >= 0.3 is 0 Å². The van der Waals surface area contributed by atoms with Crippen LogP contribution < -0.4 is 11.1 Å².